The van der Waals surface area contributed by atoms with E-state index >= 15 is 0 Å². The Morgan fingerprint density at radius 1 is 1.10 bits per heavy atom. The van der Waals surface area contributed by atoms with Crippen LogP contribution in [-0.4, -0.2) is 25.8 Å². The van der Waals surface area contributed by atoms with Crippen molar-refractivity contribution < 1.29 is 12.8 Å². The number of hydrogen-bond donors (Lipinski definition) is 0. The van der Waals surface area contributed by atoms with Crippen LogP contribution in [0.1, 0.15) is 38.5 Å². The molecule has 0 radical (unpaired) electrons. The molecule has 1 aliphatic heterocycles. The summed E-state index contributed by atoms with van der Waals surface area (Å²) in [5.41, 5.74) is 0.351. The third-order valence-electron chi connectivity index (χ3n) is 4.96. The summed E-state index contributed by atoms with van der Waals surface area (Å²) in [5, 5.41) is 0. The Bertz CT molecular complexity index is 631. The van der Waals surface area contributed by atoms with Crippen LogP contribution >= 0.6 is 15.9 Å². The van der Waals surface area contributed by atoms with Gasteiger partial charge in [0.1, 0.15) is 10.7 Å². The largest absolute Gasteiger partial charge is 0.245 e. The fourth-order valence-corrected chi connectivity index (χ4v) is 5.47. The average Bonchev–Trinajstić information content (AvgIpc) is 2.87. The molecule has 3 rings (SSSR count). The van der Waals surface area contributed by atoms with Gasteiger partial charge < -0.3 is 0 Å². The van der Waals surface area contributed by atoms with Gasteiger partial charge in [-0.05, 0) is 49.3 Å². The van der Waals surface area contributed by atoms with Crippen molar-refractivity contribution in [3.05, 3.63) is 28.5 Å². The minimum absolute atomic E-state index is 0.215. The van der Waals surface area contributed by atoms with E-state index in [9.17, 15) is 12.8 Å². The number of piperidine rings is 1. The van der Waals surface area contributed by atoms with Crippen LogP contribution in [0.2, 0.25) is 0 Å². The third-order valence-corrected chi connectivity index (χ3v) is 7.38. The van der Waals surface area contributed by atoms with E-state index in [0.717, 1.165) is 12.8 Å². The number of nitrogens with zero attached hydrogens (tertiary/aromatic N) is 1. The summed E-state index contributed by atoms with van der Waals surface area (Å²) in [5.74, 6) is -0.689. The average molecular weight is 376 g/mol. The van der Waals surface area contributed by atoms with E-state index in [2.05, 4.69) is 15.9 Å². The molecule has 1 aromatic carbocycles. The number of sulfonamides is 1. The Kier molecular flexibility index (Phi) is 4.14. The van der Waals surface area contributed by atoms with Gasteiger partial charge in [0, 0.05) is 17.6 Å². The van der Waals surface area contributed by atoms with Crippen LogP contribution < -0.4 is 0 Å². The molecular formula is C15H19BrFNO2S. The molecular weight excluding hydrogens is 357 g/mol. The normalized spacial score (nSPS) is 22.8. The van der Waals surface area contributed by atoms with Crippen molar-refractivity contribution in [3.63, 3.8) is 0 Å². The van der Waals surface area contributed by atoms with Crippen molar-refractivity contribution in [2.24, 2.45) is 5.41 Å². The van der Waals surface area contributed by atoms with Crippen LogP contribution in [0.15, 0.2) is 27.6 Å². The molecule has 0 bridgehead atoms. The molecule has 1 aliphatic carbocycles. The molecule has 6 heteroatoms. The molecule has 0 unspecified atom stereocenters. The van der Waals surface area contributed by atoms with Crippen LogP contribution in [0.5, 0.6) is 0 Å². The number of benzene rings is 1. The SMILES string of the molecule is O=S(=O)(c1ccc(Br)cc1F)N1CCC2(CCCC2)CC1. The van der Waals surface area contributed by atoms with E-state index in [4.69, 9.17) is 0 Å². The Hall–Kier alpha value is -0.460. The summed E-state index contributed by atoms with van der Waals surface area (Å²) in [6.07, 6.45) is 6.76. The van der Waals surface area contributed by atoms with Crippen LogP contribution in [0.3, 0.4) is 0 Å². The smallest absolute Gasteiger partial charge is 0.207 e. The van der Waals surface area contributed by atoms with E-state index < -0.39 is 15.8 Å². The molecule has 0 N–H and O–H groups in total. The van der Waals surface area contributed by atoms with Crippen molar-refractivity contribution in [2.45, 2.75) is 43.4 Å². The zero-order valence-electron chi connectivity index (χ0n) is 11.8. The Morgan fingerprint density at radius 3 is 2.29 bits per heavy atom. The lowest BCUT2D eigenvalue weighted by molar-refractivity contribution is 0.160. The molecule has 0 amide bonds. The molecule has 116 valence electrons. The van der Waals surface area contributed by atoms with E-state index in [-0.39, 0.29) is 4.90 Å². The van der Waals surface area contributed by atoms with Crippen molar-refractivity contribution in [1.82, 2.24) is 4.31 Å². The predicted octanol–water partition coefficient (Wildman–Crippen LogP) is 3.93. The quantitative estimate of drug-likeness (QED) is 0.784. The number of rotatable bonds is 2. The minimum Gasteiger partial charge on any atom is -0.207 e. The summed E-state index contributed by atoms with van der Waals surface area (Å²) in [6, 6.07) is 4.11. The summed E-state index contributed by atoms with van der Waals surface area (Å²) in [4.78, 5) is -0.215. The van der Waals surface area contributed by atoms with E-state index in [1.807, 2.05) is 0 Å². The second-order valence-electron chi connectivity index (χ2n) is 6.19. The predicted molar refractivity (Wildman–Crippen MR) is 83.0 cm³/mol. The van der Waals surface area contributed by atoms with Crippen LogP contribution in [-0.2, 0) is 10.0 Å². The highest BCUT2D eigenvalue weighted by Crippen LogP contribution is 2.46. The third kappa shape index (κ3) is 2.90. The van der Waals surface area contributed by atoms with Gasteiger partial charge in [-0.2, -0.15) is 4.31 Å². The molecule has 1 saturated heterocycles. The first-order chi connectivity index (χ1) is 9.93. The second kappa shape index (κ2) is 5.63. The summed E-state index contributed by atoms with van der Waals surface area (Å²) < 4.78 is 41.1. The van der Waals surface area contributed by atoms with Gasteiger partial charge in [-0.3, -0.25) is 0 Å². The van der Waals surface area contributed by atoms with Gasteiger partial charge in [0.25, 0.3) is 0 Å². The maximum absolute atomic E-state index is 14.0. The molecule has 2 aliphatic rings. The fraction of sp³-hybridized carbons (Fsp3) is 0.600. The fourth-order valence-electron chi connectivity index (χ4n) is 3.65. The maximum atomic E-state index is 14.0. The molecule has 0 atom stereocenters. The summed E-state index contributed by atoms with van der Waals surface area (Å²) in [6.45, 7) is 1.02. The van der Waals surface area contributed by atoms with E-state index in [1.54, 1.807) is 6.07 Å². The highest BCUT2D eigenvalue weighted by atomic mass is 79.9. The zero-order chi connectivity index (χ0) is 15.1. The number of halogens is 2. The first kappa shape index (κ1) is 15.4. The lowest BCUT2D eigenvalue weighted by Gasteiger charge is -2.38. The molecule has 0 aromatic heterocycles. The van der Waals surface area contributed by atoms with Crippen molar-refractivity contribution in [2.75, 3.05) is 13.1 Å². The van der Waals surface area contributed by atoms with Gasteiger partial charge in [-0.15, -0.1) is 0 Å². The molecule has 1 aromatic rings. The first-order valence-corrected chi connectivity index (χ1v) is 9.62. The van der Waals surface area contributed by atoms with Gasteiger partial charge in [-0.25, -0.2) is 12.8 Å². The lowest BCUT2D eigenvalue weighted by atomic mass is 9.78. The highest BCUT2D eigenvalue weighted by molar-refractivity contribution is 9.10. The van der Waals surface area contributed by atoms with Crippen LogP contribution in [0.4, 0.5) is 4.39 Å². The molecule has 2 fully saturated rings. The van der Waals surface area contributed by atoms with Gasteiger partial charge in [-0.1, -0.05) is 28.8 Å². The van der Waals surface area contributed by atoms with E-state index in [0.29, 0.717) is 23.0 Å². The molecule has 3 nitrogen and oxygen atoms in total. The maximum Gasteiger partial charge on any atom is 0.245 e. The standard InChI is InChI=1S/C15H19BrFNO2S/c16-12-3-4-14(13(17)11-12)21(19,20)18-9-7-15(8-10-18)5-1-2-6-15/h3-4,11H,1-2,5-10H2. The minimum atomic E-state index is -3.72. The Balaban J connectivity index is 1.80. The topological polar surface area (TPSA) is 37.4 Å². The molecule has 1 heterocycles. The zero-order valence-corrected chi connectivity index (χ0v) is 14.2. The van der Waals surface area contributed by atoms with Crippen molar-refractivity contribution in [3.8, 4) is 0 Å². The molecule has 21 heavy (non-hydrogen) atoms. The summed E-state index contributed by atoms with van der Waals surface area (Å²) >= 11 is 3.15. The number of hydrogen-bond acceptors (Lipinski definition) is 2. The first-order valence-electron chi connectivity index (χ1n) is 7.38. The Labute approximate surface area is 133 Å². The van der Waals surface area contributed by atoms with Gasteiger partial charge in [0.05, 0.1) is 0 Å². The van der Waals surface area contributed by atoms with Crippen LogP contribution in [0.25, 0.3) is 0 Å². The highest BCUT2D eigenvalue weighted by Gasteiger charge is 2.40. The van der Waals surface area contributed by atoms with Crippen molar-refractivity contribution >= 4 is 26.0 Å². The van der Waals surface area contributed by atoms with Gasteiger partial charge >= 0.3 is 0 Å². The van der Waals surface area contributed by atoms with Crippen LogP contribution in [0, 0.1) is 11.2 Å². The lowest BCUT2D eigenvalue weighted by Crippen LogP contribution is -2.42. The van der Waals surface area contributed by atoms with Gasteiger partial charge in [0.2, 0.25) is 10.0 Å². The molecule has 1 saturated carbocycles. The summed E-state index contributed by atoms with van der Waals surface area (Å²) in [7, 11) is -3.72. The van der Waals surface area contributed by atoms with E-state index in [1.165, 1.54) is 42.1 Å². The van der Waals surface area contributed by atoms with Crippen molar-refractivity contribution in [1.29, 1.82) is 0 Å². The Morgan fingerprint density at radius 2 is 1.71 bits per heavy atom. The monoisotopic (exact) mass is 375 g/mol. The van der Waals surface area contributed by atoms with Gasteiger partial charge in [0.15, 0.2) is 0 Å². The molecule has 1 spiro atoms. The second-order valence-corrected chi connectivity index (χ2v) is 9.01.